The van der Waals surface area contributed by atoms with E-state index in [9.17, 15) is 23.1 Å². The number of carboxylic acid groups (broad SMARTS) is 1. The summed E-state index contributed by atoms with van der Waals surface area (Å²) in [6, 6.07) is 14.1. The molecule has 2 heterocycles. The van der Waals surface area contributed by atoms with E-state index in [0.717, 1.165) is 31.4 Å². The molecule has 11 heteroatoms. The Bertz CT molecular complexity index is 1470. The fourth-order valence-electron chi connectivity index (χ4n) is 4.73. The Morgan fingerprint density at radius 3 is 2.36 bits per heavy atom. The number of carbonyl (C=O) groups is 1. The minimum absolute atomic E-state index is 0.0226. The van der Waals surface area contributed by atoms with E-state index in [4.69, 9.17) is 4.74 Å². The minimum atomic E-state index is -4.45. The molecule has 1 aliphatic carbocycles. The quantitative estimate of drug-likeness (QED) is 0.256. The molecule has 0 spiro atoms. The van der Waals surface area contributed by atoms with Crippen LogP contribution < -0.4 is 10.1 Å². The first-order chi connectivity index (χ1) is 18.6. The van der Waals surface area contributed by atoms with Crippen molar-refractivity contribution in [2.45, 2.75) is 58.0 Å². The molecule has 5 rings (SSSR count). The lowest BCUT2D eigenvalue weighted by atomic mass is 9.80. The Morgan fingerprint density at radius 1 is 1.08 bits per heavy atom. The lowest BCUT2D eigenvalue weighted by Crippen LogP contribution is -2.31. The summed E-state index contributed by atoms with van der Waals surface area (Å²) in [6.45, 7) is 3.97. The number of benzene rings is 2. The van der Waals surface area contributed by atoms with Crippen LogP contribution in [0.1, 0.15) is 66.8 Å². The van der Waals surface area contributed by atoms with Gasteiger partial charge in [0.2, 0.25) is 5.82 Å². The predicted octanol–water partition coefficient (Wildman–Crippen LogP) is 6.33. The van der Waals surface area contributed by atoms with E-state index in [-0.39, 0.29) is 18.2 Å². The van der Waals surface area contributed by atoms with Crippen molar-refractivity contribution in [3.63, 3.8) is 0 Å². The van der Waals surface area contributed by atoms with Crippen molar-refractivity contribution in [2.75, 3.05) is 5.32 Å². The summed E-state index contributed by atoms with van der Waals surface area (Å²) in [7, 11) is 0. The molecule has 8 nitrogen and oxygen atoms in total. The van der Waals surface area contributed by atoms with Crippen LogP contribution in [0.3, 0.4) is 0 Å². The Hall–Kier alpha value is -4.15. The first-order valence-corrected chi connectivity index (χ1v) is 12.8. The number of para-hydroxylation sites is 1. The average Bonchev–Trinajstić information content (AvgIpc) is 3.22. The van der Waals surface area contributed by atoms with Gasteiger partial charge in [-0.25, -0.2) is 19.7 Å². The highest BCUT2D eigenvalue weighted by Gasteiger charge is 2.31. The second kappa shape index (κ2) is 10.5. The van der Waals surface area contributed by atoms with E-state index in [1.807, 2.05) is 25.1 Å². The Kier molecular flexibility index (Phi) is 7.16. The normalized spacial score (nSPS) is 15.5. The summed E-state index contributed by atoms with van der Waals surface area (Å²) in [5, 5.41) is 13.0. The van der Waals surface area contributed by atoms with Crippen molar-refractivity contribution in [3.8, 4) is 5.75 Å². The molecule has 2 aromatic heterocycles. The van der Waals surface area contributed by atoms with E-state index < -0.39 is 29.6 Å². The SMILES string of the molecule is CC(Oc1ccccc1)c1nc2nc(C(=O)O)nc(NC(C)C3CCC3)c2n1Cc1ccc(C(F)(F)F)cc1. The van der Waals surface area contributed by atoms with Crippen LogP contribution in [0.5, 0.6) is 5.75 Å². The van der Waals surface area contributed by atoms with Crippen LogP contribution in [0.2, 0.25) is 0 Å². The molecule has 1 aliphatic rings. The fraction of sp³-hybridized carbons (Fsp3) is 0.357. The minimum Gasteiger partial charge on any atom is -0.483 e. The van der Waals surface area contributed by atoms with Gasteiger partial charge in [-0.15, -0.1) is 0 Å². The monoisotopic (exact) mass is 539 g/mol. The van der Waals surface area contributed by atoms with Gasteiger partial charge in [-0.05, 0) is 62.4 Å². The number of alkyl halides is 3. The van der Waals surface area contributed by atoms with Crippen LogP contribution in [0.4, 0.5) is 19.0 Å². The Labute approximate surface area is 222 Å². The topological polar surface area (TPSA) is 102 Å². The zero-order valence-corrected chi connectivity index (χ0v) is 21.4. The van der Waals surface area contributed by atoms with E-state index in [0.29, 0.717) is 34.4 Å². The van der Waals surface area contributed by atoms with Crippen molar-refractivity contribution in [2.24, 2.45) is 5.92 Å². The molecule has 0 saturated heterocycles. The lowest BCUT2D eigenvalue weighted by Gasteiger charge is -2.32. The van der Waals surface area contributed by atoms with Crippen LogP contribution in [-0.4, -0.2) is 36.6 Å². The average molecular weight is 540 g/mol. The standard InChI is InChI=1S/C28H28F3N5O3/c1-16(19-7-6-8-19)32-23-22-24(34-25(33-23)27(37)38)35-26(17(2)39-21-9-4-3-5-10-21)36(22)15-18-11-13-20(14-12-18)28(29,30)31/h3-5,9-14,16-17,19H,6-8,15H2,1-2H3,(H,37,38)(H,32,33,34). The maximum atomic E-state index is 13.2. The number of nitrogens with one attached hydrogen (secondary N) is 1. The smallest absolute Gasteiger partial charge is 0.416 e. The van der Waals surface area contributed by atoms with E-state index in [1.54, 1.807) is 23.6 Å². The fourth-order valence-corrected chi connectivity index (χ4v) is 4.73. The van der Waals surface area contributed by atoms with Gasteiger partial charge in [-0.2, -0.15) is 13.2 Å². The zero-order chi connectivity index (χ0) is 27.7. The van der Waals surface area contributed by atoms with Gasteiger partial charge in [0.05, 0.1) is 5.56 Å². The molecule has 0 amide bonds. The van der Waals surface area contributed by atoms with E-state index in [2.05, 4.69) is 20.3 Å². The maximum Gasteiger partial charge on any atom is 0.416 e. The highest BCUT2D eigenvalue weighted by molar-refractivity contribution is 5.90. The lowest BCUT2D eigenvalue weighted by molar-refractivity contribution is -0.137. The van der Waals surface area contributed by atoms with Crippen molar-refractivity contribution < 1.29 is 27.8 Å². The first-order valence-electron chi connectivity index (χ1n) is 12.8. The summed E-state index contributed by atoms with van der Waals surface area (Å²) in [5.41, 5.74) is 0.477. The number of anilines is 1. The number of nitrogens with zero attached hydrogens (tertiary/aromatic N) is 4. The summed E-state index contributed by atoms with van der Waals surface area (Å²) in [5.74, 6) is 0.0953. The molecule has 0 aliphatic heterocycles. The number of aromatic nitrogens is 4. The molecule has 0 radical (unpaired) electrons. The maximum absolute atomic E-state index is 13.2. The molecule has 2 N–H and O–H groups in total. The number of rotatable bonds is 9. The molecule has 2 atom stereocenters. The summed E-state index contributed by atoms with van der Waals surface area (Å²) < 4.78 is 47.4. The highest BCUT2D eigenvalue weighted by atomic mass is 19.4. The summed E-state index contributed by atoms with van der Waals surface area (Å²) in [4.78, 5) is 25.0. The molecule has 39 heavy (non-hydrogen) atoms. The predicted molar refractivity (Wildman–Crippen MR) is 139 cm³/mol. The number of carboxylic acids is 1. The van der Waals surface area contributed by atoms with Crippen molar-refractivity contribution >= 4 is 23.0 Å². The molecule has 204 valence electrons. The van der Waals surface area contributed by atoms with Gasteiger partial charge >= 0.3 is 12.1 Å². The van der Waals surface area contributed by atoms with Gasteiger partial charge in [0.15, 0.2) is 23.4 Å². The van der Waals surface area contributed by atoms with E-state index in [1.165, 1.54) is 12.1 Å². The molecular weight excluding hydrogens is 511 g/mol. The second-order valence-corrected chi connectivity index (χ2v) is 9.82. The number of fused-ring (bicyclic) bond motifs is 1. The number of halogens is 3. The zero-order valence-electron chi connectivity index (χ0n) is 21.4. The van der Waals surface area contributed by atoms with Crippen molar-refractivity contribution in [1.29, 1.82) is 0 Å². The third-order valence-corrected chi connectivity index (χ3v) is 7.09. The highest BCUT2D eigenvalue weighted by Crippen LogP contribution is 2.34. The Balaban J connectivity index is 1.62. The molecule has 2 unspecified atom stereocenters. The van der Waals surface area contributed by atoms with Gasteiger partial charge in [0.1, 0.15) is 11.3 Å². The van der Waals surface area contributed by atoms with Gasteiger partial charge in [-0.3, -0.25) is 0 Å². The third-order valence-electron chi connectivity index (χ3n) is 7.09. The van der Waals surface area contributed by atoms with Crippen LogP contribution in [-0.2, 0) is 12.7 Å². The molecule has 1 fully saturated rings. The molecule has 2 aromatic carbocycles. The number of hydrogen-bond acceptors (Lipinski definition) is 6. The first kappa shape index (κ1) is 26.5. The number of aromatic carboxylic acids is 1. The number of hydrogen-bond donors (Lipinski definition) is 2. The van der Waals surface area contributed by atoms with Crippen LogP contribution in [0.25, 0.3) is 11.2 Å². The molecular formula is C28H28F3N5O3. The largest absolute Gasteiger partial charge is 0.483 e. The second-order valence-electron chi connectivity index (χ2n) is 9.82. The van der Waals surface area contributed by atoms with Gasteiger partial charge in [0.25, 0.3) is 0 Å². The molecule has 0 bridgehead atoms. The Morgan fingerprint density at radius 2 is 1.77 bits per heavy atom. The third kappa shape index (κ3) is 5.67. The van der Waals surface area contributed by atoms with Crippen molar-refractivity contribution in [3.05, 3.63) is 77.4 Å². The molecule has 4 aromatic rings. The van der Waals surface area contributed by atoms with Gasteiger partial charge in [-0.1, -0.05) is 36.8 Å². The van der Waals surface area contributed by atoms with Crippen LogP contribution >= 0.6 is 0 Å². The van der Waals surface area contributed by atoms with Crippen LogP contribution in [0.15, 0.2) is 54.6 Å². The van der Waals surface area contributed by atoms with E-state index >= 15 is 0 Å². The number of imidazole rings is 1. The molecule has 1 saturated carbocycles. The van der Waals surface area contributed by atoms with Gasteiger partial charge < -0.3 is 19.7 Å². The summed E-state index contributed by atoms with van der Waals surface area (Å²) in [6.07, 6.45) is -1.78. The van der Waals surface area contributed by atoms with Crippen LogP contribution in [0, 0.1) is 5.92 Å². The summed E-state index contributed by atoms with van der Waals surface area (Å²) >= 11 is 0. The number of ether oxygens (including phenoxy) is 1. The van der Waals surface area contributed by atoms with Gasteiger partial charge in [0, 0.05) is 12.6 Å². The van der Waals surface area contributed by atoms with Crippen molar-refractivity contribution in [1.82, 2.24) is 19.5 Å².